The molecular weight excluding hydrogens is 347 g/mol. The average molecular weight is 377 g/mol. The topological polar surface area (TPSA) is 74.2 Å². The third-order valence-corrected chi connectivity index (χ3v) is 13.6. The highest BCUT2D eigenvalue weighted by molar-refractivity contribution is 7.34. The summed E-state index contributed by atoms with van der Waals surface area (Å²) in [4.78, 5) is 9.24. The monoisotopic (exact) mass is 376 g/mol. The van der Waals surface area contributed by atoms with E-state index in [-0.39, 0.29) is 0 Å². The van der Waals surface area contributed by atoms with Crippen molar-refractivity contribution in [2.45, 2.75) is 58.9 Å². The van der Waals surface area contributed by atoms with Crippen LogP contribution < -0.4 is 0 Å². The summed E-state index contributed by atoms with van der Waals surface area (Å²) in [5, 5.41) is 0. The zero-order chi connectivity index (χ0) is 16.4. The fourth-order valence-electron chi connectivity index (χ4n) is 1.36. The average Bonchev–Trinajstić information content (AvgIpc) is 1.86. The van der Waals surface area contributed by atoms with Crippen LogP contribution in [0.4, 0.5) is 0 Å². The molecule has 122 valence electrons. The van der Waals surface area contributed by atoms with Gasteiger partial charge < -0.3 is 17.2 Å². The molecule has 11 heteroatoms. The van der Waals surface area contributed by atoms with Crippen molar-refractivity contribution in [3.8, 4) is 0 Å². The Morgan fingerprint density at radius 1 is 0.700 bits per heavy atom. The highest BCUT2D eigenvalue weighted by Crippen LogP contribution is 2.33. The minimum absolute atomic E-state index is 1.98. The van der Waals surface area contributed by atoms with Crippen LogP contribution >= 0.6 is 8.25 Å². The van der Waals surface area contributed by atoms with Crippen LogP contribution in [0, 0.1) is 0 Å². The maximum Gasteiger partial charge on any atom is 0.654 e. The molecule has 0 rings (SSSR count). The molecule has 1 unspecified atom stereocenters. The van der Waals surface area contributed by atoms with Crippen LogP contribution in [0.25, 0.3) is 0 Å². The quantitative estimate of drug-likeness (QED) is 0.517. The Kier molecular flexibility index (Phi) is 7.30. The van der Waals surface area contributed by atoms with Gasteiger partial charge in [-0.1, -0.05) is 0 Å². The molecule has 20 heavy (non-hydrogen) atoms. The summed E-state index contributed by atoms with van der Waals surface area (Å²) >= 11 is 0. The van der Waals surface area contributed by atoms with Crippen LogP contribution in [0.15, 0.2) is 0 Å². The summed E-state index contributed by atoms with van der Waals surface area (Å²) < 4.78 is 34.6. The normalized spacial score (nSPS) is 16.3. The fourth-order valence-corrected chi connectivity index (χ4v) is 14.5. The molecule has 0 amide bonds. The van der Waals surface area contributed by atoms with E-state index in [1.165, 1.54) is 0 Å². The Morgan fingerprint density at radius 3 is 1.10 bits per heavy atom. The highest BCUT2D eigenvalue weighted by Gasteiger charge is 2.55. The molecule has 0 heterocycles. The molecule has 0 aromatic heterocycles. The van der Waals surface area contributed by atoms with Crippen molar-refractivity contribution in [2.24, 2.45) is 0 Å². The fraction of sp³-hybridized carbons (Fsp3) is 1.00. The van der Waals surface area contributed by atoms with Gasteiger partial charge in [0.15, 0.2) is 25.0 Å². The first-order chi connectivity index (χ1) is 8.54. The number of hydrogen-bond donors (Lipinski definition) is 1. The van der Waals surface area contributed by atoms with E-state index in [4.69, 9.17) is 16.6 Å². The smallest absolute Gasteiger partial charge is 0.395 e. The summed E-state index contributed by atoms with van der Waals surface area (Å²) in [7, 11) is -13.0. The van der Waals surface area contributed by atoms with Crippen molar-refractivity contribution >= 4 is 42.3 Å². The van der Waals surface area contributed by atoms with Crippen molar-refractivity contribution < 1.29 is 26.0 Å². The van der Waals surface area contributed by atoms with Crippen LogP contribution in [-0.4, -0.2) is 38.9 Å². The molecule has 0 fully saturated rings. The Labute approximate surface area is 127 Å². The van der Waals surface area contributed by atoms with Gasteiger partial charge in [-0.25, -0.2) is 0 Å². The third-order valence-electron chi connectivity index (χ3n) is 1.51. The van der Waals surface area contributed by atoms with Gasteiger partial charge in [-0.3, -0.25) is 8.78 Å². The molecule has 0 saturated carbocycles. The van der Waals surface area contributed by atoms with Gasteiger partial charge in [0.05, 0.1) is 0 Å². The molecule has 0 saturated heterocycles. The predicted octanol–water partition coefficient (Wildman–Crippen LogP) is 3.38. The van der Waals surface area contributed by atoms with Crippen molar-refractivity contribution in [3.05, 3.63) is 0 Å². The molecule has 0 spiro atoms. The zero-order valence-electron chi connectivity index (χ0n) is 14.0. The zero-order valence-corrected chi connectivity index (χ0v) is 19.0. The molecule has 0 bridgehead atoms. The van der Waals surface area contributed by atoms with E-state index >= 15 is 0 Å². The van der Waals surface area contributed by atoms with Gasteiger partial charge in [-0.15, -0.1) is 0 Å². The van der Waals surface area contributed by atoms with Crippen molar-refractivity contribution in [3.63, 3.8) is 0 Å². The van der Waals surface area contributed by atoms with E-state index in [0.717, 1.165) is 0 Å². The van der Waals surface area contributed by atoms with Crippen LogP contribution in [-0.2, 0) is 21.1 Å². The molecule has 0 aliphatic rings. The van der Waals surface area contributed by atoms with Gasteiger partial charge >= 0.3 is 17.3 Å². The molecular formula is C9H29O6PSi4. The van der Waals surface area contributed by atoms with E-state index in [2.05, 4.69) is 0 Å². The standard InChI is InChI=1S/C9H29O6PSi4/c1-17(2,3)13-20(12-16(10)11,14-18(4,5)6)15-19(7,8)9/h16H,1-9H3,(H,10,11). The Bertz CT molecular complexity index is 305. The van der Waals surface area contributed by atoms with E-state index in [1.807, 2.05) is 58.9 Å². The summed E-state index contributed by atoms with van der Waals surface area (Å²) in [6, 6.07) is 0. The second-order valence-electron chi connectivity index (χ2n) is 7.51. The maximum absolute atomic E-state index is 11.3. The molecule has 1 N–H and O–H groups in total. The Hall–Kier alpha value is 0.898. The minimum Gasteiger partial charge on any atom is -0.395 e. The van der Waals surface area contributed by atoms with Gasteiger partial charge in [-0.2, -0.15) is 0 Å². The minimum atomic E-state index is -3.60. The van der Waals surface area contributed by atoms with Crippen LogP contribution in [0.1, 0.15) is 0 Å². The Balaban J connectivity index is 5.56. The van der Waals surface area contributed by atoms with Gasteiger partial charge in [0, 0.05) is 0 Å². The van der Waals surface area contributed by atoms with Crippen molar-refractivity contribution in [2.75, 3.05) is 0 Å². The number of hydrogen-bond acceptors (Lipinski definition) is 5. The van der Waals surface area contributed by atoms with Gasteiger partial charge in [-0.05, 0) is 58.9 Å². The lowest BCUT2D eigenvalue weighted by Crippen LogP contribution is -2.61. The largest absolute Gasteiger partial charge is 0.654 e. The van der Waals surface area contributed by atoms with E-state index < -0.39 is 42.3 Å². The molecule has 0 radical (unpaired) electrons. The summed E-state index contributed by atoms with van der Waals surface area (Å²) in [5.74, 6) is 0. The van der Waals surface area contributed by atoms with Crippen molar-refractivity contribution in [1.29, 1.82) is 0 Å². The Morgan fingerprint density at radius 2 is 0.950 bits per heavy atom. The van der Waals surface area contributed by atoms with Crippen LogP contribution in [0.2, 0.25) is 58.9 Å². The summed E-state index contributed by atoms with van der Waals surface area (Å²) in [6.45, 7) is 17.8. The molecule has 0 aromatic carbocycles. The molecule has 0 aliphatic carbocycles. The molecule has 0 aromatic rings. The lowest BCUT2D eigenvalue weighted by Gasteiger charge is -2.40. The lowest BCUT2D eigenvalue weighted by molar-refractivity contribution is 0.149. The van der Waals surface area contributed by atoms with Crippen LogP contribution in [0.5, 0.6) is 0 Å². The van der Waals surface area contributed by atoms with Gasteiger partial charge in [0.1, 0.15) is 0 Å². The molecule has 0 aliphatic heterocycles. The second-order valence-corrected chi connectivity index (χ2v) is 25.0. The first-order valence-electron chi connectivity index (χ1n) is 6.56. The SMILES string of the molecule is C[Si](C)(C)O[Si](O[PH](=O)O)(O[Si](C)(C)C)O[Si](C)(C)C. The summed E-state index contributed by atoms with van der Waals surface area (Å²) in [6.07, 6.45) is 0. The molecule has 1 atom stereocenters. The highest BCUT2D eigenvalue weighted by atomic mass is 31.1. The lowest BCUT2D eigenvalue weighted by atomic mass is 11.8. The van der Waals surface area contributed by atoms with E-state index in [0.29, 0.717) is 0 Å². The number of rotatable bonds is 8. The van der Waals surface area contributed by atoms with Crippen molar-refractivity contribution in [1.82, 2.24) is 0 Å². The second kappa shape index (κ2) is 6.98. The van der Waals surface area contributed by atoms with Crippen LogP contribution in [0.3, 0.4) is 0 Å². The van der Waals surface area contributed by atoms with Gasteiger partial charge in [0.2, 0.25) is 0 Å². The van der Waals surface area contributed by atoms with Gasteiger partial charge in [0.25, 0.3) is 0 Å². The molecule has 6 nitrogen and oxygen atoms in total. The summed E-state index contributed by atoms with van der Waals surface area (Å²) in [5.41, 5.74) is 0. The first kappa shape index (κ1) is 20.9. The predicted molar refractivity (Wildman–Crippen MR) is 91.4 cm³/mol. The first-order valence-corrected chi connectivity index (χ1v) is 19.7. The maximum atomic E-state index is 11.3. The third kappa shape index (κ3) is 10.6. The van der Waals surface area contributed by atoms with E-state index in [9.17, 15) is 9.46 Å². The van der Waals surface area contributed by atoms with E-state index in [1.54, 1.807) is 0 Å².